The Bertz CT molecular complexity index is 600. The minimum atomic E-state index is -1.91. The molecule has 1 unspecified atom stereocenters. The second kappa shape index (κ2) is 4.42. The molecule has 1 N–H and O–H groups in total. The van der Waals surface area contributed by atoms with Crippen molar-refractivity contribution >= 4 is 23.3 Å². The number of hydrogen-bond donors (Lipinski definition) is 1. The number of amides is 1. The van der Waals surface area contributed by atoms with Crippen LogP contribution in [0.1, 0.15) is 17.3 Å². The first-order valence-corrected chi connectivity index (χ1v) is 5.46. The molecule has 1 aromatic rings. The minimum Gasteiger partial charge on any atom is -0.480 e. The summed E-state index contributed by atoms with van der Waals surface area (Å²) in [6, 6.07) is 1.35. The Kier molecular flexibility index (Phi) is 3.05. The summed E-state index contributed by atoms with van der Waals surface area (Å²) in [6.07, 6.45) is 0. The maximum absolute atomic E-state index is 13.2. The van der Waals surface area contributed by atoms with Crippen LogP contribution in [0.5, 0.6) is 0 Å². The lowest BCUT2D eigenvalue weighted by Gasteiger charge is -2.30. The monoisotopic (exact) mass is 269 g/mol. The lowest BCUT2D eigenvalue weighted by atomic mass is 9.90. The number of aliphatic carboxylic acids is 1. The van der Waals surface area contributed by atoms with Gasteiger partial charge >= 0.3 is 5.97 Å². The lowest BCUT2D eigenvalue weighted by Crippen LogP contribution is -2.48. The fourth-order valence-corrected chi connectivity index (χ4v) is 2.04. The predicted octanol–water partition coefficient (Wildman–Crippen LogP) is 1.21. The first-order valence-electron chi connectivity index (χ1n) is 5.46. The van der Waals surface area contributed by atoms with Crippen LogP contribution >= 0.6 is 0 Å². The summed E-state index contributed by atoms with van der Waals surface area (Å²) in [7, 11) is 0. The fraction of sp³-hybridized carbons (Fsp3) is 0.250. The highest BCUT2D eigenvalue weighted by molar-refractivity contribution is 6.30. The molecule has 1 atom stereocenters. The number of rotatable bonds is 2. The van der Waals surface area contributed by atoms with Gasteiger partial charge in [-0.25, -0.2) is 8.78 Å². The maximum atomic E-state index is 13.2. The summed E-state index contributed by atoms with van der Waals surface area (Å²) >= 11 is 0. The molecule has 19 heavy (non-hydrogen) atoms. The average Bonchev–Trinajstić information content (AvgIpc) is 2.32. The van der Waals surface area contributed by atoms with E-state index in [0.29, 0.717) is 6.07 Å². The van der Waals surface area contributed by atoms with E-state index in [0.717, 1.165) is 11.0 Å². The van der Waals surface area contributed by atoms with Gasteiger partial charge in [0, 0.05) is 18.2 Å². The van der Waals surface area contributed by atoms with Gasteiger partial charge in [0.1, 0.15) is 0 Å². The molecule has 0 bridgehead atoms. The number of anilines is 1. The maximum Gasteiger partial charge on any atom is 0.324 e. The number of fused-ring (bicyclic) bond motifs is 1. The average molecular weight is 269 g/mol. The summed E-state index contributed by atoms with van der Waals surface area (Å²) in [4.78, 5) is 35.7. The van der Waals surface area contributed by atoms with Gasteiger partial charge in [0.15, 0.2) is 23.3 Å². The first kappa shape index (κ1) is 13.1. The summed E-state index contributed by atoms with van der Waals surface area (Å²) in [5, 5.41) is 8.91. The van der Waals surface area contributed by atoms with Gasteiger partial charge in [-0.3, -0.25) is 14.4 Å². The van der Waals surface area contributed by atoms with Gasteiger partial charge in [0.2, 0.25) is 5.91 Å². The van der Waals surface area contributed by atoms with Crippen LogP contribution in [0.4, 0.5) is 14.5 Å². The van der Waals surface area contributed by atoms with E-state index in [4.69, 9.17) is 5.11 Å². The second-order valence-electron chi connectivity index (χ2n) is 4.00. The molecule has 1 aromatic carbocycles. The van der Waals surface area contributed by atoms with Gasteiger partial charge in [-0.15, -0.1) is 0 Å². The summed E-state index contributed by atoms with van der Waals surface area (Å²) < 4.78 is 26.3. The van der Waals surface area contributed by atoms with E-state index in [2.05, 4.69) is 0 Å². The van der Waals surface area contributed by atoms with Crippen molar-refractivity contribution in [2.45, 2.75) is 6.92 Å². The van der Waals surface area contributed by atoms with Crippen molar-refractivity contribution in [3.05, 3.63) is 29.3 Å². The van der Waals surface area contributed by atoms with Gasteiger partial charge in [0.05, 0.1) is 5.69 Å². The van der Waals surface area contributed by atoms with E-state index in [1.165, 1.54) is 6.92 Å². The number of carbonyl (C=O) groups is 3. The highest BCUT2D eigenvalue weighted by Gasteiger charge is 2.44. The standard InChI is InChI=1S/C12H9F2NO4/c1-2-15-8-4-7(14)6(13)3-5(8)10(16)9(11(15)17)12(18)19/h3-4,9H,2H2,1H3,(H,18,19). The third kappa shape index (κ3) is 1.87. The number of benzene rings is 1. The van der Waals surface area contributed by atoms with E-state index in [9.17, 15) is 23.2 Å². The second-order valence-corrected chi connectivity index (χ2v) is 4.00. The Morgan fingerprint density at radius 1 is 1.32 bits per heavy atom. The normalized spacial score (nSPS) is 18.5. The van der Waals surface area contributed by atoms with E-state index < -0.39 is 35.2 Å². The third-order valence-corrected chi connectivity index (χ3v) is 2.93. The number of halogens is 2. The van der Waals surface area contributed by atoms with Crippen LogP contribution in [0.2, 0.25) is 0 Å². The highest BCUT2D eigenvalue weighted by Crippen LogP contribution is 2.32. The Hall–Kier alpha value is -2.31. The van der Waals surface area contributed by atoms with Gasteiger partial charge in [0.25, 0.3) is 0 Å². The Morgan fingerprint density at radius 2 is 1.89 bits per heavy atom. The van der Waals surface area contributed by atoms with Crippen molar-refractivity contribution in [1.82, 2.24) is 0 Å². The summed E-state index contributed by atoms with van der Waals surface area (Å²) in [5.74, 6) is -7.95. The molecule has 1 aliphatic heterocycles. The van der Waals surface area contributed by atoms with Crippen LogP contribution in [0.15, 0.2) is 12.1 Å². The first-order chi connectivity index (χ1) is 8.88. The summed E-state index contributed by atoms with van der Waals surface area (Å²) in [6.45, 7) is 1.59. The SMILES string of the molecule is CCN1C(=O)C(C(=O)O)C(=O)c2cc(F)c(F)cc21. The number of carboxylic acids is 1. The van der Waals surface area contributed by atoms with E-state index in [1.807, 2.05) is 0 Å². The molecule has 1 heterocycles. The molecular weight excluding hydrogens is 260 g/mol. The molecule has 0 saturated carbocycles. The lowest BCUT2D eigenvalue weighted by molar-refractivity contribution is -0.144. The molecule has 0 aromatic heterocycles. The molecule has 0 fully saturated rings. The van der Waals surface area contributed by atoms with Crippen molar-refractivity contribution in [3.63, 3.8) is 0 Å². The molecule has 0 spiro atoms. The van der Waals surface area contributed by atoms with Crippen molar-refractivity contribution in [2.24, 2.45) is 5.92 Å². The van der Waals surface area contributed by atoms with Crippen LogP contribution in [0.3, 0.4) is 0 Å². The Labute approximate surface area is 106 Å². The van der Waals surface area contributed by atoms with Gasteiger partial charge in [-0.2, -0.15) is 0 Å². The smallest absolute Gasteiger partial charge is 0.324 e. The molecule has 0 radical (unpaired) electrons. The van der Waals surface area contributed by atoms with Gasteiger partial charge < -0.3 is 10.0 Å². The van der Waals surface area contributed by atoms with Gasteiger partial charge in [-0.1, -0.05) is 0 Å². The molecule has 0 aliphatic carbocycles. The number of Topliss-reactive ketones (excluding diaryl/α,β-unsaturated/α-hetero) is 1. The number of ketones is 1. The zero-order valence-electron chi connectivity index (χ0n) is 9.81. The molecule has 1 aliphatic rings. The molecule has 5 nitrogen and oxygen atoms in total. The van der Waals surface area contributed by atoms with Crippen LogP contribution in [0, 0.1) is 17.6 Å². The largest absolute Gasteiger partial charge is 0.480 e. The highest BCUT2D eigenvalue weighted by atomic mass is 19.2. The Balaban J connectivity index is 2.69. The summed E-state index contributed by atoms with van der Waals surface area (Å²) in [5.41, 5.74) is -0.401. The quantitative estimate of drug-likeness (QED) is 0.819. The third-order valence-electron chi connectivity index (χ3n) is 2.93. The number of hydrogen-bond acceptors (Lipinski definition) is 3. The van der Waals surface area contributed by atoms with E-state index >= 15 is 0 Å². The van der Waals surface area contributed by atoms with Crippen LogP contribution < -0.4 is 4.90 Å². The van der Waals surface area contributed by atoms with Crippen molar-refractivity contribution < 1.29 is 28.3 Å². The van der Waals surface area contributed by atoms with Crippen molar-refractivity contribution in [2.75, 3.05) is 11.4 Å². The minimum absolute atomic E-state index is 0.0496. The van der Waals surface area contributed by atoms with E-state index in [-0.39, 0.29) is 17.8 Å². The molecule has 7 heteroatoms. The zero-order valence-corrected chi connectivity index (χ0v) is 9.81. The number of nitrogens with zero attached hydrogens (tertiary/aromatic N) is 1. The zero-order chi connectivity index (χ0) is 14.3. The predicted molar refractivity (Wildman–Crippen MR) is 59.8 cm³/mol. The van der Waals surface area contributed by atoms with Crippen LogP contribution in [-0.2, 0) is 9.59 Å². The fourth-order valence-electron chi connectivity index (χ4n) is 2.04. The molecule has 100 valence electrons. The van der Waals surface area contributed by atoms with Crippen molar-refractivity contribution in [3.8, 4) is 0 Å². The molecule has 0 saturated heterocycles. The number of carboxylic acid groups (broad SMARTS) is 1. The Morgan fingerprint density at radius 3 is 2.42 bits per heavy atom. The van der Waals surface area contributed by atoms with Crippen LogP contribution in [0.25, 0.3) is 0 Å². The molecular formula is C12H9F2NO4. The molecule has 2 rings (SSSR count). The van der Waals surface area contributed by atoms with E-state index in [1.54, 1.807) is 0 Å². The van der Waals surface area contributed by atoms with Crippen molar-refractivity contribution in [1.29, 1.82) is 0 Å². The topological polar surface area (TPSA) is 74.7 Å². The number of carbonyl (C=O) groups excluding carboxylic acids is 2. The molecule has 1 amide bonds. The van der Waals surface area contributed by atoms with Crippen LogP contribution in [-0.4, -0.2) is 29.3 Å². The van der Waals surface area contributed by atoms with Gasteiger partial charge in [-0.05, 0) is 13.0 Å².